The van der Waals surface area contributed by atoms with E-state index in [0.29, 0.717) is 0 Å². The zero-order chi connectivity index (χ0) is 49.5. The molecule has 2 bridgehead atoms. The van der Waals surface area contributed by atoms with Gasteiger partial charge in [0.05, 0.1) is 29.8 Å². The van der Waals surface area contributed by atoms with Gasteiger partial charge in [0.15, 0.2) is 18.0 Å². The first-order valence-corrected chi connectivity index (χ1v) is 22.5. The molecule has 3 aromatic carbocycles. The molecule has 1 heterocycles. The van der Waals surface area contributed by atoms with E-state index in [1.807, 2.05) is 0 Å². The lowest BCUT2D eigenvalue weighted by Gasteiger charge is -2.64. The summed E-state index contributed by atoms with van der Waals surface area (Å²) >= 11 is 0. The Morgan fingerprint density at radius 1 is 0.794 bits per heavy atom. The number of ether oxygens (including phenoxy) is 6. The van der Waals surface area contributed by atoms with Gasteiger partial charge in [0.2, 0.25) is 6.10 Å². The molecular formula is C51H57NO16. The molecule has 3 fully saturated rings. The maximum atomic E-state index is 15.4. The van der Waals surface area contributed by atoms with Crippen LogP contribution in [0.3, 0.4) is 0 Å². The summed E-state index contributed by atoms with van der Waals surface area (Å²) in [5.41, 5.74) is -5.00. The Balaban J connectivity index is 1.38. The molecule has 0 radical (unpaired) electrons. The molecule has 13 atom stereocenters. The van der Waals surface area contributed by atoms with E-state index in [-0.39, 0.29) is 40.9 Å². The predicted octanol–water partition coefficient (Wildman–Crippen LogP) is 3.91. The summed E-state index contributed by atoms with van der Waals surface area (Å²) < 4.78 is 35.4. The lowest BCUT2D eigenvalue weighted by Crippen LogP contribution is -2.75. The van der Waals surface area contributed by atoms with Crippen LogP contribution in [0.2, 0.25) is 0 Å². The number of amides is 1. The minimum atomic E-state index is -2.30. The van der Waals surface area contributed by atoms with Crippen LogP contribution in [0.4, 0.5) is 0 Å². The van der Waals surface area contributed by atoms with Gasteiger partial charge in [-0.15, -0.1) is 0 Å². The number of aliphatic hydroxyl groups excluding tert-OH is 2. The molecule has 0 spiro atoms. The van der Waals surface area contributed by atoms with Crippen LogP contribution in [0.25, 0.3) is 0 Å². The summed E-state index contributed by atoms with van der Waals surface area (Å²) in [6.45, 7) is 9.68. The minimum Gasteiger partial charge on any atom is -0.455 e. The number of nitrogens with one attached hydrogen (secondary N) is 1. The van der Waals surface area contributed by atoms with E-state index >= 15 is 9.59 Å². The van der Waals surface area contributed by atoms with Crippen LogP contribution in [0.5, 0.6) is 0 Å². The first-order valence-electron chi connectivity index (χ1n) is 22.5. The van der Waals surface area contributed by atoms with Gasteiger partial charge in [-0.05, 0) is 68.7 Å². The largest absolute Gasteiger partial charge is 0.455 e. The Kier molecular flexibility index (Phi) is 14.1. The lowest BCUT2D eigenvalue weighted by molar-refractivity contribution is -0.277. The summed E-state index contributed by atoms with van der Waals surface area (Å²) in [4.78, 5) is 97.9. The number of carbonyl (C=O) groups is 7. The molecular weight excluding hydrogens is 883 g/mol. The van der Waals surface area contributed by atoms with Gasteiger partial charge in [0.1, 0.15) is 30.0 Å². The number of carbonyl (C=O) groups excluding carboxylic acids is 7. The summed E-state index contributed by atoms with van der Waals surface area (Å²) in [7, 11) is 0. The van der Waals surface area contributed by atoms with Gasteiger partial charge < -0.3 is 49.1 Å². The third kappa shape index (κ3) is 9.07. The Morgan fingerprint density at radius 3 is 1.94 bits per heavy atom. The molecule has 4 N–H and O–H groups in total. The summed E-state index contributed by atoms with van der Waals surface area (Å²) in [6, 6.07) is 22.5. The number of ketones is 1. The van der Waals surface area contributed by atoms with Gasteiger partial charge in [-0.3, -0.25) is 14.4 Å². The number of esters is 5. The molecule has 0 aromatic heterocycles. The van der Waals surface area contributed by atoms with Crippen molar-refractivity contribution in [3.05, 3.63) is 119 Å². The number of rotatable bonds is 13. The molecule has 17 nitrogen and oxygen atoms in total. The third-order valence-electron chi connectivity index (χ3n) is 14.3. The van der Waals surface area contributed by atoms with Crippen molar-refractivity contribution in [2.75, 3.05) is 6.61 Å². The molecule has 7 rings (SSSR count). The number of hydrogen-bond donors (Lipinski definition) is 4. The Hall–Kier alpha value is -6.27. The Morgan fingerprint density at radius 2 is 1.38 bits per heavy atom. The first kappa shape index (κ1) is 49.6. The number of hydrogen-bond acceptors (Lipinski definition) is 16. The highest BCUT2D eigenvalue weighted by atomic mass is 16.6. The number of fused-ring (bicyclic) bond motifs is 5. The third-order valence-corrected chi connectivity index (χ3v) is 14.3. The van der Waals surface area contributed by atoms with Crippen molar-refractivity contribution in [3.8, 4) is 0 Å². The van der Waals surface area contributed by atoms with Crippen molar-refractivity contribution in [1.29, 1.82) is 0 Å². The van der Waals surface area contributed by atoms with Crippen molar-refractivity contribution in [3.63, 3.8) is 0 Å². The lowest BCUT2D eigenvalue weighted by atomic mass is 9.46. The quantitative estimate of drug-likeness (QED) is 0.108. The van der Waals surface area contributed by atoms with Crippen LogP contribution in [0, 0.1) is 22.7 Å². The molecule has 4 unspecified atom stereocenters. The van der Waals surface area contributed by atoms with Crippen molar-refractivity contribution in [2.24, 2.45) is 22.7 Å². The maximum Gasteiger partial charge on any atom is 0.350 e. The van der Waals surface area contributed by atoms with Crippen LogP contribution in [0.1, 0.15) is 93.6 Å². The van der Waals surface area contributed by atoms with Gasteiger partial charge in [-0.1, -0.05) is 80.6 Å². The maximum absolute atomic E-state index is 15.4. The predicted molar refractivity (Wildman–Crippen MR) is 238 cm³/mol. The zero-order valence-corrected chi connectivity index (χ0v) is 38.8. The average molecular weight is 940 g/mol. The summed E-state index contributed by atoms with van der Waals surface area (Å²) in [5, 5.41) is 38.3. The van der Waals surface area contributed by atoms with Crippen molar-refractivity contribution in [2.45, 2.75) is 122 Å². The number of benzene rings is 3. The molecule has 362 valence electrons. The highest BCUT2D eigenvalue weighted by Gasteiger charge is 2.73. The second kappa shape index (κ2) is 19.4. The zero-order valence-electron chi connectivity index (χ0n) is 38.8. The minimum absolute atomic E-state index is 0.00746. The van der Waals surface area contributed by atoms with Gasteiger partial charge in [0.25, 0.3) is 5.91 Å². The Labute approximate surface area is 393 Å². The molecule has 1 saturated heterocycles. The van der Waals surface area contributed by atoms with E-state index in [9.17, 15) is 39.3 Å². The van der Waals surface area contributed by atoms with Crippen molar-refractivity contribution < 1.29 is 77.3 Å². The molecule has 3 aliphatic carbocycles. The standard InChI is InChI=1S/C51H57NO16/c1-26-35(66-48(61)41(67-46(59)28(3)64-45(58)27(2)53)39(30-17-11-8-12-18-30)52-44(57)31-19-13-9-14-20-31)24-51(62)43(68-47(60)32-21-15-10-16-22-32)38-33-25-63-34(33)23-36(55)50(38,7)42(56)40(65-29(4)54)37(26)49(51,5)6/h8-22,27-28,33-36,38-41,43,53,55,62H,23-25H2,1-7H3,(H,52,57)/t27?,28?,33-,34-,35+,36+,38?,39?,40-,41-,43+,50-,51-/m1/s1. The van der Waals surface area contributed by atoms with E-state index in [0.717, 1.165) is 20.8 Å². The smallest absolute Gasteiger partial charge is 0.350 e. The Bertz CT molecular complexity index is 2460. The highest BCUT2D eigenvalue weighted by Crippen LogP contribution is 2.62. The van der Waals surface area contributed by atoms with Gasteiger partial charge in [-0.25, -0.2) is 19.2 Å². The monoisotopic (exact) mass is 939 g/mol. The molecule has 1 amide bonds. The molecule has 2 saturated carbocycles. The number of Topliss-reactive ketones (excluding diaryl/α,β-unsaturated/α-hetero) is 1. The van der Waals surface area contributed by atoms with Crippen molar-refractivity contribution in [1.82, 2.24) is 5.32 Å². The molecule has 4 aliphatic rings. The van der Waals surface area contributed by atoms with Crippen LogP contribution in [-0.4, -0.2) is 118 Å². The fraction of sp³-hybridized carbons (Fsp3) is 0.471. The molecule has 68 heavy (non-hydrogen) atoms. The fourth-order valence-corrected chi connectivity index (χ4v) is 10.4. The van der Waals surface area contributed by atoms with E-state index in [4.69, 9.17) is 28.4 Å². The molecule has 3 aromatic rings. The van der Waals surface area contributed by atoms with Gasteiger partial charge in [0, 0.05) is 42.6 Å². The average Bonchev–Trinajstić information content (AvgIpc) is 3.30. The molecule has 17 heteroatoms. The van der Waals surface area contributed by atoms with E-state index in [1.165, 1.54) is 38.1 Å². The summed E-state index contributed by atoms with van der Waals surface area (Å²) in [5.74, 6) is -8.57. The van der Waals surface area contributed by atoms with Crippen LogP contribution >= 0.6 is 0 Å². The molecule has 1 aliphatic heterocycles. The van der Waals surface area contributed by atoms with E-state index in [2.05, 4.69) is 5.32 Å². The van der Waals surface area contributed by atoms with Crippen LogP contribution in [0.15, 0.2) is 102 Å². The second-order valence-corrected chi connectivity index (χ2v) is 18.8. The van der Waals surface area contributed by atoms with Crippen LogP contribution in [-0.2, 0) is 52.4 Å². The summed E-state index contributed by atoms with van der Waals surface area (Å²) in [6.07, 6.45) is -12.8. The normalized spacial score (nSPS) is 29.9. The van der Waals surface area contributed by atoms with E-state index < -0.39 is 131 Å². The fourth-order valence-electron chi connectivity index (χ4n) is 10.4. The first-order chi connectivity index (χ1) is 32.1. The van der Waals surface area contributed by atoms with Gasteiger partial charge in [-0.2, -0.15) is 0 Å². The highest BCUT2D eigenvalue weighted by molar-refractivity contribution is 5.96. The van der Waals surface area contributed by atoms with Gasteiger partial charge >= 0.3 is 29.8 Å². The second-order valence-electron chi connectivity index (χ2n) is 18.8. The van der Waals surface area contributed by atoms with Crippen molar-refractivity contribution >= 4 is 41.5 Å². The van der Waals surface area contributed by atoms with Crippen LogP contribution < -0.4 is 5.32 Å². The topological polar surface area (TPSA) is 248 Å². The van der Waals surface area contributed by atoms with E-state index in [1.54, 1.807) is 80.6 Å². The number of aliphatic hydroxyl groups is 3. The SMILES string of the molecule is CC(=O)O[C@H]1C(=O)[C@@]2(C)C([C@@H]3CO[C@@H]3C[C@@H]2O)[C@H](OC(=O)c2ccccc2)[C@]2(O)C[C@H](OC(=O)[C@H](OC(=O)C(C)OC(=O)C(C)O)C(NC(=O)c3ccccc3)c3ccccc3)C(C)=C1C2(C)C.